The van der Waals surface area contributed by atoms with Crippen LogP contribution in [0.5, 0.6) is 5.75 Å². The Morgan fingerprint density at radius 2 is 1.84 bits per heavy atom. The van der Waals surface area contributed by atoms with Crippen molar-refractivity contribution in [3.05, 3.63) is 46.6 Å². The van der Waals surface area contributed by atoms with Crippen LogP contribution < -0.4 is 4.74 Å². The van der Waals surface area contributed by atoms with E-state index >= 15 is 0 Å². The number of nitrogens with zero attached hydrogens (tertiary/aromatic N) is 2. The Morgan fingerprint density at radius 3 is 2.48 bits per heavy atom. The van der Waals surface area contributed by atoms with Crippen LogP contribution in [0.25, 0.3) is 0 Å². The molecular formula is C16H18ClFN2O3S2. The van der Waals surface area contributed by atoms with Crippen LogP contribution >= 0.6 is 22.9 Å². The fourth-order valence-electron chi connectivity index (χ4n) is 2.60. The van der Waals surface area contributed by atoms with E-state index in [1.165, 1.54) is 16.4 Å². The lowest BCUT2D eigenvalue weighted by molar-refractivity contribution is 0.157. The van der Waals surface area contributed by atoms with Crippen LogP contribution in [0, 0.1) is 5.82 Å². The van der Waals surface area contributed by atoms with Gasteiger partial charge in [0.15, 0.2) is 11.6 Å². The lowest BCUT2D eigenvalue weighted by Crippen LogP contribution is -2.49. The van der Waals surface area contributed by atoms with E-state index in [1.807, 2.05) is 0 Å². The monoisotopic (exact) mass is 404 g/mol. The molecule has 0 spiro atoms. The van der Waals surface area contributed by atoms with Crippen LogP contribution in [-0.4, -0.2) is 57.0 Å². The minimum Gasteiger partial charge on any atom is -0.489 e. The summed E-state index contributed by atoms with van der Waals surface area (Å²) in [5, 5.41) is 0. The number of hydrogen-bond donors (Lipinski definition) is 0. The number of hydrogen-bond acceptors (Lipinski definition) is 5. The van der Waals surface area contributed by atoms with E-state index in [1.54, 1.807) is 24.3 Å². The van der Waals surface area contributed by atoms with Gasteiger partial charge in [-0.1, -0.05) is 23.7 Å². The quantitative estimate of drug-likeness (QED) is 0.742. The third-order valence-electron chi connectivity index (χ3n) is 3.98. The summed E-state index contributed by atoms with van der Waals surface area (Å²) in [7, 11) is -3.47. The highest BCUT2D eigenvalue weighted by atomic mass is 35.5. The average Bonchev–Trinajstić information content (AvgIpc) is 3.04. The van der Waals surface area contributed by atoms with Crippen molar-refractivity contribution in [1.29, 1.82) is 0 Å². The van der Waals surface area contributed by atoms with Gasteiger partial charge in [0.2, 0.25) is 0 Å². The molecule has 136 valence electrons. The lowest BCUT2D eigenvalue weighted by Gasteiger charge is -2.33. The van der Waals surface area contributed by atoms with Crippen LogP contribution in [0.2, 0.25) is 4.34 Å². The van der Waals surface area contributed by atoms with Gasteiger partial charge in [0, 0.05) is 32.7 Å². The van der Waals surface area contributed by atoms with E-state index < -0.39 is 10.0 Å². The van der Waals surface area contributed by atoms with Crippen LogP contribution in [0.15, 0.2) is 40.6 Å². The average molecular weight is 405 g/mol. The zero-order valence-corrected chi connectivity index (χ0v) is 15.8. The molecule has 5 nitrogen and oxygen atoms in total. The standard InChI is InChI=1S/C16H18ClFN2O3S2/c17-15-5-6-16(24-15)25(21,22)20-9-7-19(8-10-20)11-12-23-14-4-2-1-3-13(14)18/h1-6H,7-12H2. The first-order valence-corrected chi connectivity index (χ1v) is 10.5. The molecule has 2 heterocycles. The number of piperazine rings is 1. The van der Waals surface area contributed by atoms with E-state index in [9.17, 15) is 12.8 Å². The van der Waals surface area contributed by atoms with Gasteiger partial charge in [0.1, 0.15) is 10.8 Å². The SMILES string of the molecule is O=S(=O)(c1ccc(Cl)s1)N1CCN(CCOc2ccccc2F)CC1. The predicted octanol–water partition coefficient (Wildman–Crippen LogP) is 2.93. The first-order valence-electron chi connectivity index (χ1n) is 7.82. The van der Waals surface area contributed by atoms with Gasteiger partial charge in [-0.25, -0.2) is 12.8 Å². The summed E-state index contributed by atoms with van der Waals surface area (Å²) in [5.41, 5.74) is 0. The second-order valence-corrected chi connectivity index (χ2v) is 9.46. The lowest BCUT2D eigenvalue weighted by atomic mass is 10.3. The molecule has 0 N–H and O–H groups in total. The number of halogens is 2. The minimum absolute atomic E-state index is 0.235. The van der Waals surface area contributed by atoms with Crippen molar-refractivity contribution in [2.45, 2.75) is 4.21 Å². The van der Waals surface area contributed by atoms with Crippen LogP contribution in [-0.2, 0) is 10.0 Å². The maximum Gasteiger partial charge on any atom is 0.252 e. The zero-order chi connectivity index (χ0) is 17.9. The number of ether oxygens (including phenoxy) is 1. The van der Waals surface area contributed by atoms with Crippen LogP contribution in [0.4, 0.5) is 4.39 Å². The van der Waals surface area contributed by atoms with Crippen molar-refractivity contribution in [2.24, 2.45) is 0 Å². The molecule has 25 heavy (non-hydrogen) atoms. The molecule has 0 aliphatic carbocycles. The molecule has 1 aliphatic rings. The third-order valence-corrected chi connectivity index (χ3v) is 7.57. The molecule has 0 unspecified atom stereocenters. The largest absolute Gasteiger partial charge is 0.489 e. The van der Waals surface area contributed by atoms with Gasteiger partial charge in [0.25, 0.3) is 10.0 Å². The maximum atomic E-state index is 13.5. The van der Waals surface area contributed by atoms with E-state index in [-0.39, 0.29) is 15.8 Å². The molecule has 1 fully saturated rings. The molecule has 1 aliphatic heterocycles. The van der Waals surface area contributed by atoms with Crippen LogP contribution in [0.3, 0.4) is 0 Å². The normalized spacial score (nSPS) is 16.9. The van der Waals surface area contributed by atoms with Crippen molar-refractivity contribution in [2.75, 3.05) is 39.3 Å². The molecule has 0 saturated carbocycles. The van der Waals surface area contributed by atoms with Crippen molar-refractivity contribution >= 4 is 33.0 Å². The van der Waals surface area contributed by atoms with Crippen molar-refractivity contribution in [3.8, 4) is 5.75 Å². The van der Waals surface area contributed by atoms with Gasteiger partial charge in [0.05, 0.1) is 4.34 Å². The van der Waals surface area contributed by atoms with Crippen LogP contribution in [0.1, 0.15) is 0 Å². The summed E-state index contributed by atoms with van der Waals surface area (Å²) < 4.78 is 46.2. The van der Waals surface area contributed by atoms with E-state index in [0.29, 0.717) is 43.7 Å². The molecule has 0 amide bonds. The summed E-state index contributed by atoms with van der Waals surface area (Å²) in [6, 6.07) is 9.41. The Labute approximate surface area is 155 Å². The number of sulfonamides is 1. The highest BCUT2D eigenvalue weighted by molar-refractivity contribution is 7.91. The van der Waals surface area contributed by atoms with Gasteiger partial charge < -0.3 is 4.74 Å². The van der Waals surface area contributed by atoms with Gasteiger partial charge >= 0.3 is 0 Å². The summed E-state index contributed by atoms with van der Waals surface area (Å²) in [5.74, 6) is -0.147. The van der Waals surface area contributed by atoms with Gasteiger partial charge in [-0.2, -0.15) is 4.31 Å². The summed E-state index contributed by atoms with van der Waals surface area (Å²) in [6.45, 7) is 3.02. The second-order valence-electron chi connectivity index (χ2n) is 5.58. The molecule has 3 rings (SSSR count). The van der Waals surface area contributed by atoms with Crippen molar-refractivity contribution < 1.29 is 17.5 Å². The molecule has 1 aromatic carbocycles. The molecule has 0 bridgehead atoms. The predicted molar refractivity (Wildman–Crippen MR) is 96.4 cm³/mol. The smallest absolute Gasteiger partial charge is 0.252 e. The molecule has 1 saturated heterocycles. The number of benzene rings is 1. The Hall–Kier alpha value is -1.19. The third kappa shape index (κ3) is 4.51. The fourth-order valence-corrected chi connectivity index (χ4v) is 5.66. The van der Waals surface area contributed by atoms with Gasteiger partial charge in [-0.05, 0) is 24.3 Å². The number of rotatable bonds is 6. The molecule has 2 aromatic rings. The molecular weight excluding hydrogens is 387 g/mol. The zero-order valence-electron chi connectivity index (χ0n) is 13.4. The second kappa shape index (κ2) is 8.01. The Morgan fingerprint density at radius 1 is 1.12 bits per heavy atom. The Balaban J connectivity index is 1.48. The van der Waals surface area contributed by atoms with E-state index in [4.69, 9.17) is 16.3 Å². The Bertz CT molecular complexity index is 820. The molecule has 1 aromatic heterocycles. The van der Waals surface area contributed by atoms with Crippen molar-refractivity contribution in [3.63, 3.8) is 0 Å². The fraction of sp³-hybridized carbons (Fsp3) is 0.375. The van der Waals surface area contributed by atoms with Crippen molar-refractivity contribution in [1.82, 2.24) is 9.21 Å². The highest BCUT2D eigenvalue weighted by Gasteiger charge is 2.29. The summed E-state index contributed by atoms with van der Waals surface area (Å²) in [4.78, 5) is 2.11. The first kappa shape index (κ1) is 18.6. The van der Waals surface area contributed by atoms with E-state index in [0.717, 1.165) is 11.3 Å². The number of thiophene rings is 1. The molecule has 0 atom stereocenters. The topological polar surface area (TPSA) is 49.9 Å². The minimum atomic E-state index is -3.47. The number of para-hydroxylation sites is 1. The first-order chi connectivity index (χ1) is 12.0. The van der Waals surface area contributed by atoms with Gasteiger partial charge in [-0.15, -0.1) is 11.3 Å². The van der Waals surface area contributed by atoms with E-state index in [2.05, 4.69) is 4.90 Å². The summed E-state index contributed by atoms with van der Waals surface area (Å²) in [6.07, 6.45) is 0. The Kier molecular flexibility index (Phi) is 5.96. The molecule has 0 radical (unpaired) electrons. The van der Waals surface area contributed by atoms with Gasteiger partial charge in [-0.3, -0.25) is 4.90 Å². The maximum absolute atomic E-state index is 13.5. The molecule has 9 heteroatoms. The highest BCUT2D eigenvalue weighted by Crippen LogP contribution is 2.28. The summed E-state index contributed by atoms with van der Waals surface area (Å²) >= 11 is 6.90.